The van der Waals surface area contributed by atoms with Gasteiger partial charge in [0.2, 0.25) is 5.78 Å². The van der Waals surface area contributed by atoms with Gasteiger partial charge < -0.3 is 9.84 Å². The van der Waals surface area contributed by atoms with Crippen molar-refractivity contribution in [1.29, 1.82) is 0 Å². The lowest BCUT2D eigenvalue weighted by Gasteiger charge is -2.16. The first-order valence-corrected chi connectivity index (χ1v) is 9.73. The Morgan fingerprint density at radius 3 is 2.50 bits per heavy atom. The van der Waals surface area contributed by atoms with Crippen LogP contribution in [0.4, 0.5) is 0 Å². The molecule has 0 saturated carbocycles. The lowest BCUT2D eigenvalue weighted by atomic mass is 10.00. The summed E-state index contributed by atoms with van der Waals surface area (Å²) in [6.45, 7) is 0.676. The van der Waals surface area contributed by atoms with E-state index in [-0.39, 0.29) is 12.3 Å². The summed E-state index contributed by atoms with van der Waals surface area (Å²) in [6.07, 6.45) is 0. The summed E-state index contributed by atoms with van der Waals surface area (Å²) in [5, 5.41) is 10.7. The second-order valence-electron chi connectivity index (χ2n) is 6.36. The minimum atomic E-state index is -0.886. The first-order chi connectivity index (χ1) is 13.5. The highest BCUT2D eigenvalue weighted by Gasteiger charge is 2.17. The Morgan fingerprint density at radius 1 is 1.04 bits per heavy atom. The van der Waals surface area contributed by atoms with Crippen LogP contribution in [0, 0.1) is 0 Å². The maximum atomic E-state index is 13.0. The molecule has 1 heterocycles. The first-order valence-electron chi connectivity index (χ1n) is 8.85. The molecule has 0 aliphatic carbocycles. The highest BCUT2D eigenvalue weighted by Crippen LogP contribution is 2.29. The predicted molar refractivity (Wildman–Crippen MR) is 110 cm³/mol. The highest BCUT2D eigenvalue weighted by molar-refractivity contribution is 7.12. The van der Waals surface area contributed by atoms with Gasteiger partial charge in [-0.2, -0.15) is 0 Å². The number of likely N-dealkylation sites (N-methyl/N-ethyl adjacent to an activating group) is 1. The van der Waals surface area contributed by atoms with E-state index in [9.17, 15) is 9.59 Å². The molecular weight excluding hydrogens is 374 g/mol. The van der Waals surface area contributed by atoms with Crippen LogP contribution in [0.2, 0.25) is 0 Å². The van der Waals surface area contributed by atoms with Crippen molar-refractivity contribution >= 4 is 23.1 Å². The van der Waals surface area contributed by atoms with Gasteiger partial charge in [0.25, 0.3) is 0 Å². The van der Waals surface area contributed by atoms with Gasteiger partial charge in [-0.05, 0) is 41.8 Å². The summed E-state index contributed by atoms with van der Waals surface area (Å²) < 4.78 is 5.85. The number of nitrogens with zero attached hydrogens (tertiary/aromatic N) is 1. The monoisotopic (exact) mass is 395 g/mol. The number of ketones is 1. The van der Waals surface area contributed by atoms with E-state index in [4.69, 9.17) is 9.84 Å². The molecular formula is C22H21NO4S. The molecule has 0 unspecified atom stereocenters. The molecule has 0 radical (unpaired) electrons. The number of hydrogen-bond acceptors (Lipinski definition) is 5. The van der Waals surface area contributed by atoms with Crippen molar-refractivity contribution in [3.63, 3.8) is 0 Å². The van der Waals surface area contributed by atoms with Gasteiger partial charge in [0.05, 0.1) is 17.0 Å². The van der Waals surface area contributed by atoms with Crippen LogP contribution in [0.15, 0.2) is 66.0 Å². The molecule has 144 valence electrons. The lowest BCUT2D eigenvalue weighted by molar-refractivity contribution is -0.138. The Balaban J connectivity index is 1.84. The molecule has 0 saturated heterocycles. The number of benzene rings is 2. The average Bonchev–Trinajstić information content (AvgIpc) is 3.22. The van der Waals surface area contributed by atoms with E-state index in [1.807, 2.05) is 53.9 Å². The third-order valence-electron chi connectivity index (χ3n) is 4.21. The lowest BCUT2D eigenvalue weighted by Crippen LogP contribution is -2.29. The highest BCUT2D eigenvalue weighted by atomic mass is 32.1. The molecule has 0 atom stereocenters. The van der Waals surface area contributed by atoms with Gasteiger partial charge >= 0.3 is 5.97 Å². The number of rotatable bonds is 9. The van der Waals surface area contributed by atoms with Crippen LogP contribution in [-0.4, -0.2) is 48.5 Å². The molecule has 2 aromatic carbocycles. The fourth-order valence-corrected chi connectivity index (χ4v) is 3.48. The molecule has 1 aromatic heterocycles. The number of aliphatic carboxylic acids is 1. The van der Waals surface area contributed by atoms with Gasteiger partial charge in [0.15, 0.2) is 0 Å². The van der Waals surface area contributed by atoms with Crippen LogP contribution < -0.4 is 4.74 Å². The van der Waals surface area contributed by atoms with Crippen molar-refractivity contribution in [2.45, 2.75) is 0 Å². The number of ether oxygens (including phenoxy) is 1. The predicted octanol–water partition coefficient (Wildman–Crippen LogP) is 4.04. The minimum absolute atomic E-state index is 0.0582. The summed E-state index contributed by atoms with van der Waals surface area (Å²) in [5.74, 6) is -0.466. The number of carbonyl (C=O) groups is 2. The molecule has 3 aromatic rings. The van der Waals surface area contributed by atoms with Crippen molar-refractivity contribution in [1.82, 2.24) is 4.90 Å². The van der Waals surface area contributed by atoms with Gasteiger partial charge in [0.1, 0.15) is 12.4 Å². The van der Waals surface area contributed by atoms with Crippen molar-refractivity contribution in [3.8, 4) is 16.9 Å². The minimum Gasteiger partial charge on any atom is -0.491 e. The molecule has 3 rings (SSSR count). The zero-order chi connectivity index (χ0) is 19.9. The van der Waals surface area contributed by atoms with Crippen LogP contribution in [0.1, 0.15) is 15.2 Å². The standard InChI is InChI=1S/C22H21NO4S/c1-23(15-21(24)25)11-12-27-19-10-9-17(16-6-3-2-4-7-16)14-18(19)22(26)20-8-5-13-28-20/h2-10,13-14H,11-12,15H2,1H3,(H,24,25). The smallest absolute Gasteiger partial charge is 0.317 e. The van der Waals surface area contributed by atoms with E-state index in [1.54, 1.807) is 24.1 Å². The van der Waals surface area contributed by atoms with Crippen LogP contribution in [0.5, 0.6) is 5.75 Å². The maximum absolute atomic E-state index is 13.0. The zero-order valence-corrected chi connectivity index (χ0v) is 16.3. The molecule has 0 bridgehead atoms. The Morgan fingerprint density at radius 2 is 1.82 bits per heavy atom. The molecule has 0 aliphatic rings. The molecule has 0 aliphatic heterocycles. The maximum Gasteiger partial charge on any atom is 0.317 e. The number of carboxylic acids is 1. The zero-order valence-electron chi connectivity index (χ0n) is 15.5. The second kappa shape index (κ2) is 9.30. The second-order valence-corrected chi connectivity index (χ2v) is 7.31. The summed E-state index contributed by atoms with van der Waals surface area (Å²) in [7, 11) is 1.72. The summed E-state index contributed by atoms with van der Waals surface area (Å²) in [5.41, 5.74) is 2.47. The van der Waals surface area contributed by atoms with Gasteiger partial charge in [-0.15, -0.1) is 11.3 Å². The van der Waals surface area contributed by atoms with E-state index in [0.717, 1.165) is 11.1 Å². The molecule has 1 N–H and O–H groups in total. The number of carboxylic acid groups (broad SMARTS) is 1. The average molecular weight is 395 g/mol. The topological polar surface area (TPSA) is 66.8 Å². The van der Waals surface area contributed by atoms with Gasteiger partial charge in [-0.25, -0.2) is 0 Å². The number of hydrogen-bond donors (Lipinski definition) is 1. The van der Waals surface area contributed by atoms with E-state index in [1.165, 1.54) is 11.3 Å². The third kappa shape index (κ3) is 5.06. The van der Waals surface area contributed by atoms with Crippen molar-refractivity contribution in [2.75, 3.05) is 26.7 Å². The molecule has 0 amide bonds. The quantitative estimate of drug-likeness (QED) is 0.554. The molecule has 0 fully saturated rings. The van der Waals surface area contributed by atoms with Gasteiger partial charge in [0, 0.05) is 6.54 Å². The SMILES string of the molecule is CN(CCOc1ccc(-c2ccccc2)cc1C(=O)c1cccs1)CC(=O)O. The van der Waals surface area contributed by atoms with E-state index in [0.29, 0.717) is 29.3 Å². The van der Waals surface area contributed by atoms with E-state index < -0.39 is 5.97 Å². The first kappa shape index (κ1) is 19.8. The Bertz CT molecular complexity index is 938. The summed E-state index contributed by atoms with van der Waals surface area (Å²) in [6, 6.07) is 19.1. The van der Waals surface area contributed by atoms with Crippen LogP contribution >= 0.6 is 11.3 Å². The Kier molecular flexibility index (Phi) is 6.57. The number of thiophene rings is 1. The molecule has 6 heteroatoms. The summed E-state index contributed by atoms with van der Waals surface area (Å²) >= 11 is 1.39. The van der Waals surface area contributed by atoms with Gasteiger partial charge in [-0.1, -0.05) is 42.5 Å². The van der Waals surface area contributed by atoms with Crippen molar-refractivity contribution in [2.24, 2.45) is 0 Å². The van der Waals surface area contributed by atoms with E-state index in [2.05, 4.69) is 0 Å². The summed E-state index contributed by atoms with van der Waals surface area (Å²) in [4.78, 5) is 26.1. The van der Waals surface area contributed by atoms with Crippen LogP contribution in [0.3, 0.4) is 0 Å². The molecule has 0 spiro atoms. The largest absolute Gasteiger partial charge is 0.491 e. The number of carbonyl (C=O) groups excluding carboxylic acids is 1. The molecule has 5 nitrogen and oxygen atoms in total. The third-order valence-corrected chi connectivity index (χ3v) is 5.08. The fraction of sp³-hybridized carbons (Fsp3) is 0.182. The van der Waals surface area contributed by atoms with Crippen LogP contribution in [-0.2, 0) is 4.79 Å². The van der Waals surface area contributed by atoms with Gasteiger partial charge in [-0.3, -0.25) is 14.5 Å². The normalized spacial score (nSPS) is 10.8. The van der Waals surface area contributed by atoms with Crippen LogP contribution in [0.25, 0.3) is 11.1 Å². The Labute approximate surface area is 167 Å². The molecule has 28 heavy (non-hydrogen) atoms. The fourth-order valence-electron chi connectivity index (χ4n) is 2.81. The van der Waals surface area contributed by atoms with E-state index >= 15 is 0 Å². The van der Waals surface area contributed by atoms with Crippen molar-refractivity contribution < 1.29 is 19.4 Å². The van der Waals surface area contributed by atoms with Crippen molar-refractivity contribution in [3.05, 3.63) is 76.5 Å². The Hall–Kier alpha value is -2.96.